The summed E-state index contributed by atoms with van der Waals surface area (Å²) in [4.78, 5) is 17.2. The van der Waals surface area contributed by atoms with Crippen molar-refractivity contribution in [2.75, 3.05) is 5.32 Å². The minimum absolute atomic E-state index is 0.0453. The van der Waals surface area contributed by atoms with Crippen LogP contribution in [0.5, 0.6) is 0 Å². The van der Waals surface area contributed by atoms with Crippen molar-refractivity contribution < 1.29 is 4.79 Å². The number of nitrogens with zero attached hydrogens (tertiary/aromatic N) is 2. The summed E-state index contributed by atoms with van der Waals surface area (Å²) in [5, 5.41) is 3.60. The Morgan fingerprint density at radius 1 is 1.00 bits per heavy atom. The van der Waals surface area contributed by atoms with Crippen molar-refractivity contribution in [2.45, 2.75) is 17.3 Å². The number of carbonyl (C=O) groups excluding carboxylic acids is 1. The average molecular weight is 373 g/mol. The van der Waals surface area contributed by atoms with Gasteiger partial charge in [0, 0.05) is 17.4 Å². The molecule has 2 aromatic heterocycles. The maximum absolute atomic E-state index is 12.8. The zero-order valence-electron chi connectivity index (χ0n) is 14.9. The Labute approximate surface area is 162 Å². The molecule has 0 aliphatic carbocycles. The maximum atomic E-state index is 12.8. The van der Waals surface area contributed by atoms with Crippen LogP contribution in [0.15, 0.2) is 90.3 Å². The smallest absolute Gasteiger partial charge is 0.237 e. The number of para-hydroxylation sites is 1. The van der Waals surface area contributed by atoms with Crippen LogP contribution in [0.3, 0.4) is 0 Å². The highest BCUT2D eigenvalue weighted by Crippen LogP contribution is 2.29. The minimum atomic E-state index is -0.278. The van der Waals surface area contributed by atoms with Gasteiger partial charge in [0.15, 0.2) is 5.16 Å². The SMILES string of the molecule is CC(Sc1ncc2ccccn12)C(=O)Nc1ccccc1-c1ccccc1. The van der Waals surface area contributed by atoms with E-state index in [4.69, 9.17) is 0 Å². The molecule has 0 saturated carbocycles. The number of rotatable bonds is 5. The van der Waals surface area contributed by atoms with E-state index in [9.17, 15) is 4.79 Å². The highest BCUT2D eigenvalue weighted by molar-refractivity contribution is 8.00. The van der Waals surface area contributed by atoms with Gasteiger partial charge < -0.3 is 5.32 Å². The first-order valence-corrected chi connectivity index (χ1v) is 9.64. The number of pyridine rings is 1. The van der Waals surface area contributed by atoms with Gasteiger partial charge in [0.1, 0.15) is 0 Å². The van der Waals surface area contributed by atoms with E-state index in [-0.39, 0.29) is 11.2 Å². The van der Waals surface area contributed by atoms with E-state index >= 15 is 0 Å². The standard InChI is InChI=1S/C22H19N3OS/c1-16(27-22-23-15-18-11-7-8-14-25(18)22)21(26)24-20-13-6-5-12-19(20)17-9-3-2-4-10-17/h2-16H,1H3,(H,24,26). The molecule has 0 radical (unpaired) electrons. The van der Waals surface area contributed by atoms with Crippen LogP contribution in [0.2, 0.25) is 0 Å². The van der Waals surface area contributed by atoms with Crippen LogP contribution in [0, 0.1) is 0 Å². The third-order valence-corrected chi connectivity index (χ3v) is 5.41. The second kappa shape index (κ2) is 7.68. The van der Waals surface area contributed by atoms with E-state index in [1.165, 1.54) is 11.8 Å². The summed E-state index contributed by atoms with van der Waals surface area (Å²) in [5.41, 5.74) is 3.92. The molecule has 2 aromatic carbocycles. The van der Waals surface area contributed by atoms with Gasteiger partial charge in [-0.3, -0.25) is 9.20 Å². The van der Waals surface area contributed by atoms with Gasteiger partial charge in [-0.25, -0.2) is 4.98 Å². The molecule has 0 spiro atoms. The highest BCUT2D eigenvalue weighted by Gasteiger charge is 2.18. The van der Waals surface area contributed by atoms with Gasteiger partial charge >= 0.3 is 0 Å². The van der Waals surface area contributed by atoms with Gasteiger partial charge in [-0.1, -0.05) is 66.4 Å². The first kappa shape index (κ1) is 17.4. The molecule has 1 atom stereocenters. The molecule has 0 aliphatic heterocycles. The lowest BCUT2D eigenvalue weighted by atomic mass is 10.0. The summed E-state index contributed by atoms with van der Waals surface area (Å²) < 4.78 is 1.99. The summed E-state index contributed by atoms with van der Waals surface area (Å²) >= 11 is 1.45. The number of hydrogen-bond acceptors (Lipinski definition) is 3. The molecule has 27 heavy (non-hydrogen) atoms. The second-order valence-electron chi connectivity index (χ2n) is 6.20. The molecule has 4 nitrogen and oxygen atoms in total. The molecule has 5 heteroatoms. The van der Waals surface area contributed by atoms with Crippen molar-refractivity contribution in [1.82, 2.24) is 9.38 Å². The van der Waals surface area contributed by atoms with E-state index in [0.29, 0.717) is 0 Å². The molecule has 4 rings (SSSR count). The van der Waals surface area contributed by atoms with Gasteiger partial charge in [0.2, 0.25) is 5.91 Å². The van der Waals surface area contributed by atoms with Crippen LogP contribution in [-0.4, -0.2) is 20.5 Å². The normalized spacial score (nSPS) is 12.0. The lowest BCUT2D eigenvalue weighted by Crippen LogP contribution is -2.23. The molecule has 0 bridgehead atoms. The number of aromatic nitrogens is 2. The Balaban J connectivity index is 1.53. The van der Waals surface area contributed by atoms with Crippen LogP contribution in [0.1, 0.15) is 6.92 Å². The number of imidazole rings is 1. The third kappa shape index (κ3) is 3.73. The van der Waals surface area contributed by atoms with Crippen molar-refractivity contribution in [3.8, 4) is 11.1 Å². The topological polar surface area (TPSA) is 46.4 Å². The number of amides is 1. The van der Waals surface area contributed by atoms with Crippen molar-refractivity contribution in [2.24, 2.45) is 0 Å². The summed E-state index contributed by atoms with van der Waals surface area (Å²) in [7, 11) is 0. The van der Waals surface area contributed by atoms with E-state index in [1.54, 1.807) is 0 Å². The van der Waals surface area contributed by atoms with Crippen molar-refractivity contribution in [1.29, 1.82) is 0 Å². The van der Waals surface area contributed by atoms with Crippen molar-refractivity contribution in [3.05, 3.63) is 85.2 Å². The summed E-state index contributed by atoms with van der Waals surface area (Å²) in [6.45, 7) is 1.90. The van der Waals surface area contributed by atoms with Crippen LogP contribution >= 0.6 is 11.8 Å². The maximum Gasteiger partial charge on any atom is 0.237 e. The number of nitrogens with one attached hydrogen (secondary N) is 1. The molecule has 4 aromatic rings. The average Bonchev–Trinajstić information content (AvgIpc) is 3.12. The lowest BCUT2D eigenvalue weighted by molar-refractivity contribution is -0.115. The van der Waals surface area contributed by atoms with E-state index < -0.39 is 0 Å². The summed E-state index contributed by atoms with van der Waals surface area (Å²) in [6.07, 6.45) is 3.78. The molecule has 1 unspecified atom stereocenters. The van der Waals surface area contributed by atoms with Crippen LogP contribution in [0.25, 0.3) is 16.6 Å². The van der Waals surface area contributed by atoms with Crippen molar-refractivity contribution in [3.63, 3.8) is 0 Å². The Morgan fingerprint density at radius 2 is 1.74 bits per heavy atom. The fourth-order valence-corrected chi connectivity index (χ4v) is 3.79. The van der Waals surface area contributed by atoms with Crippen molar-refractivity contribution >= 4 is 28.9 Å². The van der Waals surface area contributed by atoms with Gasteiger partial charge in [-0.2, -0.15) is 0 Å². The highest BCUT2D eigenvalue weighted by atomic mass is 32.2. The zero-order chi connectivity index (χ0) is 18.6. The number of benzene rings is 2. The first-order valence-electron chi connectivity index (χ1n) is 8.76. The molecule has 1 N–H and O–H groups in total. The zero-order valence-corrected chi connectivity index (χ0v) is 15.7. The summed E-state index contributed by atoms with van der Waals surface area (Å²) in [6, 6.07) is 23.9. The Bertz CT molecular complexity index is 1080. The Kier molecular flexibility index (Phi) is 4.94. The predicted molar refractivity (Wildman–Crippen MR) is 111 cm³/mol. The number of thioether (sulfide) groups is 1. The molecular formula is C22H19N3OS. The van der Waals surface area contributed by atoms with Gasteiger partial charge in [0.05, 0.1) is 17.0 Å². The first-order chi connectivity index (χ1) is 13.2. The van der Waals surface area contributed by atoms with E-state index in [0.717, 1.165) is 27.5 Å². The number of carbonyl (C=O) groups is 1. The lowest BCUT2D eigenvalue weighted by Gasteiger charge is -2.14. The van der Waals surface area contributed by atoms with Gasteiger partial charge in [-0.15, -0.1) is 0 Å². The number of hydrogen-bond donors (Lipinski definition) is 1. The molecule has 1 amide bonds. The summed E-state index contributed by atoms with van der Waals surface area (Å²) in [5.74, 6) is -0.0453. The number of anilines is 1. The second-order valence-corrected chi connectivity index (χ2v) is 7.51. The Morgan fingerprint density at radius 3 is 2.59 bits per heavy atom. The molecule has 0 aliphatic rings. The van der Waals surface area contributed by atoms with E-state index in [2.05, 4.69) is 10.3 Å². The minimum Gasteiger partial charge on any atom is -0.325 e. The van der Waals surface area contributed by atoms with Gasteiger partial charge in [-0.05, 0) is 30.7 Å². The quantitative estimate of drug-likeness (QED) is 0.494. The third-order valence-electron chi connectivity index (χ3n) is 4.33. The molecule has 0 saturated heterocycles. The van der Waals surface area contributed by atoms with Crippen LogP contribution in [-0.2, 0) is 4.79 Å². The largest absolute Gasteiger partial charge is 0.325 e. The number of fused-ring (bicyclic) bond motifs is 1. The van der Waals surface area contributed by atoms with Gasteiger partial charge in [0.25, 0.3) is 0 Å². The molecule has 2 heterocycles. The van der Waals surface area contributed by atoms with E-state index in [1.807, 2.05) is 96.5 Å². The Hall–Kier alpha value is -3.05. The monoisotopic (exact) mass is 373 g/mol. The fourth-order valence-electron chi connectivity index (χ4n) is 2.91. The van der Waals surface area contributed by atoms with Crippen LogP contribution < -0.4 is 5.32 Å². The fraction of sp³-hybridized carbons (Fsp3) is 0.0909. The predicted octanol–water partition coefficient (Wildman–Crippen LogP) is 5.12. The molecule has 0 fully saturated rings. The molecular weight excluding hydrogens is 354 g/mol. The molecule has 134 valence electrons. The van der Waals surface area contributed by atoms with Crippen LogP contribution in [0.4, 0.5) is 5.69 Å².